The molecule has 1 aliphatic rings. The second-order valence-electron chi connectivity index (χ2n) is 5.61. The van der Waals surface area contributed by atoms with Gasteiger partial charge in [0.05, 0.1) is 6.54 Å². The smallest absolute Gasteiger partial charge is 0.260 e. The molecule has 2 aromatic rings. The predicted molar refractivity (Wildman–Crippen MR) is 82.8 cm³/mol. The molecule has 24 heavy (non-hydrogen) atoms. The van der Waals surface area contributed by atoms with Gasteiger partial charge >= 0.3 is 0 Å². The van der Waals surface area contributed by atoms with Crippen molar-refractivity contribution in [3.8, 4) is 5.75 Å². The average Bonchev–Trinajstić information content (AvgIpc) is 2.99. The molecule has 1 amide bonds. The summed E-state index contributed by atoms with van der Waals surface area (Å²) < 4.78 is 23.7. The van der Waals surface area contributed by atoms with Crippen molar-refractivity contribution >= 4 is 5.91 Å². The Morgan fingerprint density at radius 1 is 1.29 bits per heavy atom. The lowest BCUT2D eigenvalue weighted by atomic mass is 10.3. The highest BCUT2D eigenvalue weighted by atomic mass is 19.1. The number of rotatable bonds is 5. The van der Waals surface area contributed by atoms with Crippen molar-refractivity contribution in [2.45, 2.75) is 13.5 Å². The molecule has 1 fully saturated rings. The van der Waals surface area contributed by atoms with Gasteiger partial charge in [0.25, 0.3) is 5.91 Å². The Balaban J connectivity index is 1.44. The third-order valence-electron chi connectivity index (χ3n) is 3.85. The quantitative estimate of drug-likeness (QED) is 0.819. The fourth-order valence-electron chi connectivity index (χ4n) is 2.55. The van der Waals surface area contributed by atoms with Gasteiger partial charge in [-0.15, -0.1) is 0 Å². The van der Waals surface area contributed by atoms with E-state index in [-0.39, 0.29) is 18.3 Å². The number of ether oxygens (including phenoxy) is 1. The molecule has 0 spiro atoms. The molecule has 0 bridgehead atoms. The number of aryl methyl sites for hydroxylation is 1. The zero-order valence-corrected chi connectivity index (χ0v) is 13.4. The number of benzene rings is 1. The first-order chi connectivity index (χ1) is 11.6. The van der Waals surface area contributed by atoms with E-state index in [2.05, 4.69) is 15.0 Å². The van der Waals surface area contributed by atoms with Crippen LogP contribution in [0.1, 0.15) is 11.7 Å². The van der Waals surface area contributed by atoms with Gasteiger partial charge in [0.1, 0.15) is 0 Å². The average molecular weight is 334 g/mol. The fraction of sp³-hybridized carbons (Fsp3) is 0.438. The van der Waals surface area contributed by atoms with E-state index in [4.69, 9.17) is 9.26 Å². The van der Waals surface area contributed by atoms with Gasteiger partial charge in [0, 0.05) is 33.1 Å². The summed E-state index contributed by atoms with van der Waals surface area (Å²) >= 11 is 0. The van der Waals surface area contributed by atoms with Crippen LogP contribution in [0.4, 0.5) is 4.39 Å². The number of nitrogens with zero attached hydrogens (tertiary/aromatic N) is 4. The summed E-state index contributed by atoms with van der Waals surface area (Å²) in [6.45, 7) is 4.82. The van der Waals surface area contributed by atoms with E-state index in [0.717, 1.165) is 13.1 Å². The Morgan fingerprint density at radius 2 is 2.04 bits per heavy atom. The van der Waals surface area contributed by atoms with Crippen LogP contribution in [-0.4, -0.2) is 58.6 Å². The van der Waals surface area contributed by atoms with Gasteiger partial charge in [-0.1, -0.05) is 17.3 Å². The molecule has 1 aromatic heterocycles. The molecule has 0 unspecified atom stereocenters. The highest BCUT2D eigenvalue weighted by Crippen LogP contribution is 2.15. The number of halogens is 1. The number of aromatic nitrogens is 2. The van der Waals surface area contributed by atoms with Crippen LogP contribution in [0.25, 0.3) is 0 Å². The molecule has 0 saturated carbocycles. The van der Waals surface area contributed by atoms with E-state index in [0.29, 0.717) is 31.3 Å². The third-order valence-corrected chi connectivity index (χ3v) is 3.85. The van der Waals surface area contributed by atoms with E-state index in [1.165, 1.54) is 12.1 Å². The van der Waals surface area contributed by atoms with Crippen molar-refractivity contribution in [1.29, 1.82) is 0 Å². The first kappa shape index (κ1) is 16.4. The molecule has 2 heterocycles. The van der Waals surface area contributed by atoms with Gasteiger partial charge in [-0.2, -0.15) is 4.98 Å². The first-order valence-electron chi connectivity index (χ1n) is 7.78. The molecule has 0 radical (unpaired) electrons. The second kappa shape index (κ2) is 7.39. The second-order valence-corrected chi connectivity index (χ2v) is 5.61. The lowest BCUT2D eigenvalue weighted by Gasteiger charge is -2.34. The van der Waals surface area contributed by atoms with E-state index in [1.54, 1.807) is 24.0 Å². The maximum absolute atomic E-state index is 13.5. The number of amides is 1. The lowest BCUT2D eigenvalue weighted by molar-refractivity contribution is -0.135. The molecule has 3 rings (SSSR count). The minimum absolute atomic E-state index is 0.0944. The third kappa shape index (κ3) is 4.08. The van der Waals surface area contributed by atoms with E-state index < -0.39 is 5.82 Å². The molecule has 1 aromatic carbocycles. The summed E-state index contributed by atoms with van der Waals surface area (Å²) in [4.78, 5) is 20.2. The lowest BCUT2D eigenvalue weighted by Crippen LogP contribution is -2.49. The summed E-state index contributed by atoms with van der Waals surface area (Å²) in [6, 6.07) is 6.06. The van der Waals surface area contributed by atoms with E-state index >= 15 is 0 Å². The van der Waals surface area contributed by atoms with Crippen LogP contribution in [0.5, 0.6) is 5.75 Å². The van der Waals surface area contributed by atoms with E-state index in [9.17, 15) is 9.18 Å². The highest BCUT2D eigenvalue weighted by Gasteiger charge is 2.22. The maximum atomic E-state index is 13.5. The molecule has 7 nitrogen and oxygen atoms in total. The normalized spacial score (nSPS) is 15.5. The van der Waals surface area contributed by atoms with Crippen LogP contribution in [-0.2, 0) is 11.3 Å². The molecular weight excluding hydrogens is 315 g/mol. The molecular formula is C16H19FN4O3. The van der Waals surface area contributed by atoms with Crippen molar-refractivity contribution in [1.82, 2.24) is 19.9 Å². The maximum Gasteiger partial charge on any atom is 0.260 e. The molecule has 0 aliphatic carbocycles. The molecule has 0 atom stereocenters. The summed E-state index contributed by atoms with van der Waals surface area (Å²) in [5, 5.41) is 3.87. The van der Waals surface area contributed by atoms with Crippen LogP contribution in [0.15, 0.2) is 28.8 Å². The standard InChI is InChI=1S/C16H19FN4O3/c1-12-18-15(19-24-12)10-20-6-8-21(9-7-20)16(22)11-23-14-5-3-2-4-13(14)17/h2-5H,6-11H2,1H3. The van der Waals surface area contributed by atoms with Crippen molar-refractivity contribution in [3.63, 3.8) is 0 Å². The zero-order chi connectivity index (χ0) is 16.9. The Hall–Kier alpha value is -2.48. The van der Waals surface area contributed by atoms with Gasteiger partial charge in [0.2, 0.25) is 5.89 Å². The van der Waals surface area contributed by atoms with Crippen LogP contribution in [0, 0.1) is 12.7 Å². The molecule has 8 heteroatoms. The molecule has 1 aliphatic heterocycles. The van der Waals surface area contributed by atoms with Crippen LogP contribution in [0.2, 0.25) is 0 Å². The van der Waals surface area contributed by atoms with Crippen LogP contribution in [0.3, 0.4) is 0 Å². The number of carbonyl (C=O) groups excluding carboxylic acids is 1. The number of piperazine rings is 1. The Labute approximate surface area is 139 Å². The monoisotopic (exact) mass is 334 g/mol. The van der Waals surface area contributed by atoms with Crippen molar-refractivity contribution in [3.05, 3.63) is 41.8 Å². The Kier molecular flexibility index (Phi) is 5.05. The Morgan fingerprint density at radius 3 is 2.71 bits per heavy atom. The van der Waals surface area contributed by atoms with E-state index in [1.807, 2.05) is 0 Å². The summed E-state index contributed by atoms with van der Waals surface area (Å²) in [5.41, 5.74) is 0. The number of hydrogen-bond acceptors (Lipinski definition) is 6. The number of para-hydroxylation sites is 1. The summed E-state index contributed by atoms with van der Waals surface area (Å²) in [7, 11) is 0. The van der Waals surface area contributed by atoms with Crippen molar-refractivity contribution in [2.24, 2.45) is 0 Å². The number of hydrogen-bond donors (Lipinski definition) is 0. The number of carbonyl (C=O) groups is 1. The fourth-order valence-corrected chi connectivity index (χ4v) is 2.55. The minimum Gasteiger partial charge on any atom is -0.481 e. The van der Waals surface area contributed by atoms with Crippen molar-refractivity contribution in [2.75, 3.05) is 32.8 Å². The van der Waals surface area contributed by atoms with Crippen LogP contribution >= 0.6 is 0 Å². The molecule has 0 N–H and O–H groups in total. The van der Waals surface area contributed by atoms with Gasteiger partial charge in [-0.05, 0) is 12.1 Å². The topological polar surface area (TPSA) is 71.7 Å². The first-order valence-corrected chi connectivity index (χ1v) is 7.78. The van der Waals surface area contributed by atoms with Gasteiger partial charge in [-0.3, -0.25) is 9.69 Å². The largest absolute Gasteiger partial charge is 0.481 e. The summed E-state index contributed by atoms with van der Waals surface area (Å²) in [5.74, 6) is 0.676. The molecule has 128 valence electrons. The highest BCUT2D eigenvalue weighted by molar-refractivity contribution is 5.77. The van der Waals surface area contributed by atoms with Gasteiger partial charge in [0.15, 0.2) is 24.0 Å². The SMILES string of the molecule is Cc1nc(CN2CCN(C(=O)COc3ccccc3F)CC2)no1. The van der Waals surface area contributed by atoms with Gasteiger partial charge in [-0.25, -0.2) is 4.39 Å². The van der Waals surface area contributed by atoms with Crippen LogP contribution < -0.4 is 4.74 Å². The van der Waals surface area contributed by atoms with Gasteiger partial charge < -0.3 is 14.2 Å². The van der Waals surface area contributed by atoms with Crippen molar-refractivity contribution < 1.29 is 18.4 Å². The Bertz CT molecular complexity index is 698. The predicted octanol–water partition coefficient (Wildman–Crippen LogP) is 1.24. The molecule has 1 saturated heterocycles. The zero-order valence-electron chi connectivity index (χ0n) is 13.4. The minimum atomic E-state index is -0.467. The summed E-state index contributed by atoms with van der Waals surface area (Å²) in [6.07, 6.45) is 0.